The summed E-state index contributed by atoms with van der Waals surface area (Å²) in [6.45, 7) is 4.92. The molecule has 0 bridgehead atoms. The molecule has 1 aromatic carbocycles. The van der Waals surface area contributed by atoms with E-state index < -0.39 is 0 Å². The minimum absolute atomic E-state index is 0.224. The molecular weight excluding hydrogens is 299 g/mol. The van der Waals surface area contributed by atoms with Crippen molar-refractivity contribution in [2.75, 3.05) is 0 Å². The fourth-order valence-corrected chi connectivity index (χ4v) is 3.46. The third-order valence-electron chi connectivity index (χ3n) is 3.62. The smallest absolute Gasteiger partial charge is 0.143 e. The maximum Gasteiger partial charge on any atom is 0.143 e. The van der Waals surface area contributed by atoms with Gasteiger partial charge in [-0.3, -0.25) is 4.98 Å². The molecule has 3 rings (SSSR count). The molecule has 0 saturated carbocycles. The second kappa shape index (κ2) is 6.44. The zero-order valence-corrected chi connectivity index (χ0v) is 13.4. The molecule has 0 atom stereocenters. The first-order valence-electron chi connectivity index (χ1n) is 7.19. The predicted molar refractivity (Wildman–Crippen MR) is 87.1 cm³/mol. The second-order valence-electron chi connectivity index (χ2n) is 5.01. The molecule has 114 valence electrons. The van der Waals surface area contributed by atoms with E-state index in [0.29, 0.717) is 5.39 Å². The Labute approximate surface area is 132 Å². The van der Waals surface area contributed by atoms with E-state index in [1.165, 1.54) is 6.07 Å². The van der Waals surface area contributed by atoms with Gasteiger partial charge in [0.15, 0.2) is 0 Å². The van der Waals surface area contributed by atoms with E-state index in [1.807, 2.05) is 13.0 Å². The zero-order chi connectivity index (χ0) is 15.5. The van der Waals surface area contributed by atoms with Gasteiger partial charge in [0.2, 0.25) is 0 Å². The molecular formula is C16H17FN4S. The van der Waals surface area contributed by atoms with Gasteiger partial charge in [-0.25, -0.2) is 4.39 Å². The normalized spacial score (nSPS) is 11.2. The molecule has 6 heteroatoms. The first-order chi connectivity index (χ1) is 10.7. The van der Waals surface area contributed by atoms with Crippen LogP contribution >= 0.6 is 11.8 Å². The summed E-state index contributed by atoms with van der Waals surface area (Å²) in [5.41, 5.74) is 1.78. The van der Waals surface area contributed by atoms with Gasteiger partial charge in [-0.05, 0) is 37.6 Å². The number of hydrogen-bond acceptors (Lipinski definition) is 4. The summed E-state index contributed by atoms with van der Waals surface area (Å²) in [5, 5.41) is 8.90. The van der Waals surface area contributed by atoms with Crippen LogP contribution < -0.4 is 0 Å². The van der Waals surface area contributed by atoms with E-state index in [2.05, 4.69) is 26.7 Å². The Morgan fingerprint density at radius 1 is 1.18 bits per heavy atom. The lowest BCUT2D eigenvalue weighted by atomic mass is 10.1. The predicted octanol–water partition coefficient (Wildman–Crippen LogP) is 3.73. The summed E-state index contributed by atoms with van der Waals surface area (Å²) in [7, 11) is 0. The molecule has 0 aliphatic carbocycles. The van der Waals surface area contributed by atoms with Crippen molar-refractivity contribution < 1.29 is 4.39 Å². The molecule has 0 amide bonds. The van der Waals surface area contributed by atoms with Gasteiger partial charge in [0.25, 0.3) is 0 Å². The topological polar surface area (TPSA) is 43.6 Å². The molecule has 0 fully saturated rings. The standard InChI is InChI=1S/C16H17FN4S/c1-3-21-11(2)19-20-15(21)10-22-9-12-6-7-14(17)13-5-4-8-18-16(12)13/h4-8H,3,9-10H2,1-2H3. The van der Waals surface area contributed by atoms with Crippen LogP contribution in [-0.4, -0.2) is 19.7 Å². The van der Waals surface area contributed by atoms with Crippen molar-refractivity contribution in [3.05, 3.63) is 53.5 Å². The highest BCUT2D eigenvalue weighted by Crippen LogP contribution is 2.24. The van der Waals surface area contributed by atoms with E-state index in [-0.39, 0.29) is 5.82 Å². The second-order valence-corrected chi connectivity index (χ2v) is 5.99. The quantitative estimate of drug-likeness (QED) is 0.719. The molecule has 22 heavy (non-hydrogen) atoms. The zero-order valence-electron chi connectivity index (χ0n) is 12.6. The van der Waals surface area contributed by atoms with Gasteiger partial charge in [-0.2, -0.15) is 0 Å². The Balaban J connectivity index is 1.76. The SMILES string of the molecule is CCn1c(C)nnc1CSCc1ccc(F)c2cccnc12. The number of pyridine rings is 1. The molecule has 0 radical (unpaired) electrons. The molecule has 0 aliphatic rings. The lowest BCUT2D eigenvalue weighted by Crippen LogP contribution is -2.02. The van der Waals surface area contributed by atoms with Crippen LogP contribution in [0, 0.1) is 12.7 Å². The van der Waals surface area contributed by atoms with Gasteiger partial charge in [0, 0.05) is 23.9 Å². The first-order valence-corrected chi connectivity index (χ1v) is 8.34. The Bertz CT molecular complexity index is 800. The summed E-state index contributed by atoms with van der Waals surface area (Å²) >= 11 is 1.74. The monoisotopic (exact) mass is 316 g/mol. The van der Waals surface area contributed by atoms with E-state index in [1.54, 1.807) is 30.1 Å². The third kappa shape index (κ3) is 2.83. The van der Waals surface area contributed by atoms with Crippen LogP contribution in [0.1, 0.15) is 24.1 Å². The fourth-order valence-electron chi connectivity index (χ4n) is 2.51. The van der Waals surface area contributed by atoms with Crippen LogP contribution in [0.25, 0.3) is 10.9 Å². The Morgan fingerprint density at radius 2 is 2.05 bits per heavy atom. The number of nitrogens with zero attached hydrogens (tertiary/aromatic N) is 4. The number of rotatable bonds is 5. The lowest BCUT2D eigenvalue weighted by molar-refractivity contribution is 0.639. The molecule has 0 spiro atoms. The number of aromatic nitrogens is 4. The molecule has 0 saturated heterocycles. The average molecular weight is 316 g/mol. The molecule has 0 aliphatic heterocycles. The average Bonchev–Trinajstić information content (AvgIpc) is 2.90. The van der Waals surface area contributed by atoms with Crippen LogP contribution in [-0.2, 0) is 18.1 Å². The van der Waals surface area contributed by atoms with Crippen molar-refractivity contribution in [2.45, 2.75) is 31.9 Å². The maximum absolute atomic E-state index is 13.8. The Kier molecular flexibility index (Phi) is 4.38. The number of benzene rings is 1. The molecule has 3 aromatic rings. The van der Waals surface area contributed by atoms with Crippen molar-refractivity contribution >= 4 is 22.7 Å². The Morgan fingerprint density at radius 3 is 2.86 bits per heavy atom. The minimum atomic E-state index is -0.224. The van der Waals surface area contributed by atoms with E-state index in [4.69, 9.17) is 0 Å². The van der Waals surface area contributed by atoms with Gasteiger partial charge in [-0.15, -0.1) is 22.0 Å². The van der Waals surface area contributed by atoms with Crippen molar-refractivity contribution in [3.8, 4) is 0 Å². The van der Waals surface area contributed by atoms with E-state index >= 15 is 0 Å². The van der Waals surface area contributed by atoms with Gasteiger partial charge < -0.3 is 4.57 Å². The molecule has 4 nitrogen and oxygen atoms in total. The summed E-state index contributed by atoms with van der Waals surface area (Å²) in [6, 6.07) is 6.85. The summed E-state index contributed by atoms with van der Waals surface area (Å²) in [4.78, 5) is 4.32. The molecule has 0 N–H and O–H groups in total. The molecule has 2 aromatic heterocycles. The van der Waals surface area contributed by atoms with Crippen LogP contribution in [0.2, 0.25) is 0 Å². The molecule has 2 heterocycles. The maximum atomic E-state index is 13.8. The number of aryl methyl sites for hydroxylation is 1. The number of thioether (sulfide) groups is 1. The summed E-state index contributed by atoms with van der Waals surface area (Å²) < 4.78 is 15.9. The largest absolute Gasteiger partial charge is 0.315 e. The van der Waals surface area contributed by atoms with Crippen molar-refractivity contribution in [2.24, 2.45) is 0 Å². The highest BCUT2D eigenvalue weighted by molar-refractivity contribution is 7.97. The van der Waals surface area contributed by atoms with Gasteiger partial charge >= 0.3 is 0 Å². The van der Waals surface area contributed by atoms with Crippen LogP contribution in [0.3, 0.4) is 0 Å². The first kappa shape index (κ1) is 15.0. The van der Waals surface area contributed by atoms with Gasteiger partial charge in [0.05, 0.1) is 11.3 Å². The van der Waals surface area contributed by atoms with Crippen molar-refractivity contribution in [3.63, 3.8) is 0 Å². The van der Waals surface area contributed by atoms with Crippen molar-refractivity contribution in [1.29, 1.82) is 0 Å². The van der Waals surface area contributed by atoms with E-state index in [9.17, 15) is 4.39 Å². The van der Waals surface area contributed by atoms with Gasteiger partial charge in [-0.1, -0.05) is 6.07 Å². The Hall–Kier alpha value is -1.95. The van der Waals surface area contributed by atoms with Crippen LogP contribution in [0.4, 0.5) is 4.39 Å². The summed E-state index contributed by atoms with van der Waals surface area (Å²) in [6.07, 6.45) is 1.70. The van der Waals surface area contributed by atoms with Crippen molar-refractivity contribution in [1.82, 2.24) is 19.7 Å². The van der Waals surface area contributed by atoms with Gasteiger partial charge in [0.1, 0.15) is 17.5 Å². The fraction of sp³-hybridized carbons (Fsp3) is 0.312. The highest BCUT2D eigenvalue weighted by atomic mass is 32.2. The van der Waals surface area contributed by atoms with E-state index in [0.717, 1.165) is 40.8 Å². The van der Waals surface area contributed by atoms with Crippen LogP contribution in [0.5, 0.6) is 0 Å². The summed E-state index contributed by atoms with van der Waals surface area (Å²) in [5.74, 6) is 3.23. The third-order valence-corrected chi connectivity index (χ3v) is 4.59. The highest BCUT2D eigenvalue weighted by Gasteiger charge is 2.09. The molecule has 0 unspecified atom stereocenters. The van der Waals surface area contributed by atoms with Crippen LogP contribution in [0.15, 0.2) is 30.5 Å². The number of fused-ring (bicyclic) bond motifs is 1. The number of hydrogen-bond donors (Lipinski definition) is 0. The minimum Gasteiger partial charge on any atom is -0.315 e. The lowest BCUT2D eigenvalue weighted by Gasteiger charge is -2.07. The number of halogens is 1.